The molecule has 0 aliphatic heterocycles. The highest BCUT2D eigenvalue weighted by molar-refractivity contribution is 5.85. The minimum absolute atomic E-state index is 0. The number of ether oxygens (including phenoxy) is 1. The Morgan fingerprint density at radius 1 is 1.45 bits per heavy atom. The average molecular weight is 194 g/mol. The maximum absolute atomic E-state index is 11.3. The molecule has 0 heterocycles. The van der Waals surface area contributed by atoms with Crippen LogP contribution in [0.3, 0.4) is 0 Å². The molecule has 6 heteroatoms. The third-order valence-corrected chi connectivity index (χ3v) is 0.985. The van der Waals surface area contributed by atoms with Crippen molar-refractivity contribution in [2.75, 3.05) is 6.61 Å². The minimum atomic E-state index is -4.55. The zero-order valence-electron chi connectivity index (χ0n) is 6.02. The van der Waals surface area contributed by atoms with Gasteiger partial charge in [-0.3, -0.25) is 4.74 Å². The van der Waals surface area contributed by atoms with Gasteiger partial charge in [-0.15, -0.1) is 25.6 Å². The van der Waals surface area contributed by atoms with Crippen LogP contribution in [-0.2, 0) is 4.74 Å². The summed E-state index contributed by atoms with van der Waals surface area (Å²) >= 11 is 0. The second kappa shape index (κ2) is 5.62. The van der Waals surface area contributed by atoms with E-state index in [1.807, 2.05) is 0 Å². The summed E-state index contributed by atoms with van der Waals surface area (Å²) < 4.78 is 37.3. The van der Waals surface area contributed by atoms with Gasteiger partial charge < -0.3 is 5.73 Å². The smallest absolute Gasteiger partial charge is 0.326 e. The Hall–Kier alpha value is -0.0000000000000000555. The van der Waals surface area contributed by atoms with Crippen molar-refractivity contribution < 1.29 is 17.9 Å². The molecule has 1 atom stereocenters. The van der Waals surface area contributed by atoms with Crippen molar-refractivity contribution in [1.82, 2.24) is 0 Å². The van der Waals surface area contributed by atoms with E-state index in [-0.39, 0.29) is 12.4 Å². The van der Waals surface area contributed by atoms with Crippen molar-refractivity contribution in [3.05, 3.63) is 0 Å². The third-order valence-electron chi connectivity index (χ3n) is 0.985. The summed E-state index contributed by atoms with van der Waals surface area (Å²) in [5.74, 6) is 0. The monoisotopic (exact) mass is 193 g/mol. The van der Waals surface area contributed by atoms with Crippen LogP contribution in [0.1, 0.15) is 13.3 Å². The lowest BCUT2D eigenvalue weighted by Crippen LogP contribution is -2.29. The summed E-state index contributed by atoms with van der Waals surface area (Å²) in [5, 5.41) is 0. The topological polar surface area (TPSA) is 35.2 Å². The Morgan fingerprint density at radius 3 is 2.18 bits per heavy atom. The molecule has 11 heavy (non-hydrogen) atoms. The number of halogens is 4. The first-order chi connectivity index (χ1) is 4.45. The number of hydrogen-bond donors (Lipinski definition) is 1. The predicted molar refractivity (Wildman–Crippen MR) is 37.5 cm³/mol. The summed E-state index contributed by atoms with van der Waals surface area (Å²) in [5.41, 5.74) is 5.16. The number of nitrogens with two attached hydrogens (primary N) is 1. The third kappa shape index (κ3) is 10.0. The van der Waals surface area contributed by atoms with Gasteiger partial charge in [0, 0.05) is 6.04 Å². The molecule has 0 rings (SSSR count). The molecule has 70 valence electrons. The summed E-state index contributed by atoms with van der Waals surface area (Å²) in [4.78, 5) is 0. The van der Waals surface area contributed by atoms with Crippen molar-refractivity contribution in [3.8, 4) is 0 Å². The van der Waals surface area contributed by atoms with E-state index in [0.717, 1.165) is 0 Å². The molecule has 0 bridgehead atoms. The van der Waals surface area contributed by atoms with Crippen molar-refractivity contribution in [3.63, 3.8) is 0 Å². The first-order valence-corrected chi connectivity index (χ1v) is 2.92. The summed E-state index contributed by atoms with van der Waals surface area (Å²) in [6.07, 6.45) is -4.07. The lowest BCUT2D eigenvalue weighted by atomic mass is 10.3. The van der Waals surface area contributed by atoms with Gasteiger partial charge in [-0.25, -0.2) is 0 Å². The van der Waals surface area contributed by atoms with E-state index < -0.39 is 19.0 Å². The van der Waals surface area contributed by atoms with Crippen LogP contribution in [0.15, 0.2) is 0 Å². The van der Waals surface area contributed by atoms with Crippen LogP contribution in [0.5, 0.6) is 0 Å². The molecule has 0 aromatic heterocycles. The molecule has 0 fully saturated rings. The van der Waals surface area contributed by atoms with Gasteiger partial charge in [0.1, 0.15) is 0 Å². The first-order valence-electron chi connectivity index (χ1n) is 2.92. The average Bonchev–Trinajstić information content (AvgIpc) is 1.81. The highest BCUT2D eigenvalue weighted by Gasteiger charge is 2.29. The Labute approximate surface area is 69.3 Å². The maximum Gasteiger partial charge on any atom is 0.522 e. The van der Waals surface area contributed by atoms with Crippen LogP contribution in [0.25, 0.3) is 0 Å². The fourth-order valence-electron chi connectivity index (χ4n) is 0.319. The Bertz CT molecular complexity index is 98.2. The normalized spacial score (nSPS) is 13.9. The van der Waals surface area contributed by atoms with E-state index in [2.05, 4.69) is 4.74 Å². The minimum Gasteiger partial charge on any atom is -0.326 e. The summed E-state index contributed by atoms with van der Waals surface area (Å²) in [7, 11) is 0. The molecule has 0 amide bonds. The lowest BCUT2D eigenvalue weighted by Gasteiger charge is -2.10. The van der Waals surface area contributed by atoms with Crippen molar-refractivity contribution in [1.29, 1.82) is 0 Å². The molecule has 0 aliphatic rings. The van der Waals surface area contributed by atoms with E-state index in [4.69, 9.17) is 5.73 Å². The zero-order valence-corrected chi connectivity index (χ0v) is 6.84. The quantitative estimate of drug-likeness (QED) is 0.740. The zero-order chi connectivity index (χ0) is 8.20. The van der Waals surface area contributed by atoms with Gasteiger partial charge in [0.15, 0.2) is 0 Å². The largest absolute Gasteiger partial charge is 0.522 e. The number of hydrogen-bond acceptors (Lipinski definition) is 2. The molecule has 2 N–H and O–H groups in total. The van der Waals surface area contributed by atoms with Gasteiger partial charge >= 0.3 is 6.36 Å². The van der Waals surface area contributed by atoms with Crippen molar-refractivity contribution in [2.45, 2.75) is 25.7 Å². The van der Waals surface area contributed by atoms with Gasteiger partial charge in [-0.1, -0.05) is 6.92 Å². The van der Waals surface area contributed by atoms with Crippen LogP contribution >= 0.6 is 12.4 Å². The molecule has 0 unspecified atom stereocenters. The van der Waals surface area contributed by atoms with Crippen LogP contribution in [0, 0.1) is 0 Å². The van der Waals surface area contributed by atoms with Crippen molar-refractivity contribution in [2.24, 2.45) is 5.73 Å². The molecular weight excluding hydrogens is 183 g/mol. The molecule has 0 saturated carbocycles. The molecule has 0 radical (unpaired) electrons. The summed E-state index contributed by atoms with van der Waals surface area (Å²) in [6, 6.07) is -0.526. The van der Waals surface area contributed by atoms with E-state index in [1.54, 1.807) is 6.92 Å². The molecular formula is C5H11ClF3NO. The molecule has 0 spiro atoms. The van der Waals surface area contributed by atoms with Crippen molar-refractivity contribution >= 4 is 12.4 Å². The predicted octanol–water partition coefficient (Wildman–Crippen LogP) is 1.68. The molecule has 0 aromatic rings. The van der Waals surface area contributed by atoms with Gasteiger partial charge in [0.2, 0.25) is 0 Å². The second-order valence-electron chi connectivity index (χ2n) is 1.93. The number of rotatable bonds is 3. The molecule has 2 nitrogen and oxygen atoms in total. The SMILES string of the molecule is CC[C@H](N)COC(F)(F)F.Cl. The molecule has 0 aliphatic carbocycles. The standard InChI is InChI=1S/C5H10F3NO.ClH/c1-2-4(9)3-10-5(6,7)8;/h4H,2-3,9H2,1H3;1H/t4-;/m0./s1. The van der Waals surface area contributed by atoms with Gasteiger partial charge in [0.25, 0.3) is 0 Å². The van der Waals surface area contributed by atoms with Gasteiger partial charge in [-0.05, 0) is 6.42 Å². The summed E-state index contributed by atoms with van der Waals surface area (Å²) in [6.45, 7) is 1.24. The van der Waals surface area contributed by atoms with Gasteiger partial charge in [0.05, 0.1) is 6.61 Å². The highest BCUT2D eigenvalue weighted by atomic mass is 35.5. The number of alkyl halides is 3. The highest BCUT2D eigenvalue weighted by Crippen LogP contribution is 2.16. The first kappa shape index (κ1) is 13.6. The molecule has 0 saturated heterocycles. The fraction of sp³-hybridized carbons (Fsp3) is 1.00. The van der Waals surface area contributed by atoms with E-state index in [0.29, 0.717) is 6.42 Å². The van der Waals surface area contributed by atoms with Crippen LogP contribution in [0.2, 0.25) is 0 Å². The van der Waals surface area contributed by atoms with Crippen LogP contribution in [0.4, 0.5) is 13.2 Å². The lowest BCUT2D eigenvalue weighted by molar-refractivity contribution is -0.325. The van der Waals surface area contributed by atoms with E-state index in [1.165, 1.54) is 0 Å². The van der Waals surface area contributed by atoms with Gasteiger partial charge in [-0.2, -0.15) is 0 Å². The van der Waals surface area contributed by atoms with E-state index in [9.17, 15) is 13.2 Å². The Kier molecular flexibility index (Phi) is 6.94. The van der Waals surface area contributed by atoms with Crippen LogP contribution in [-0.4, -0.2) is 19.0 Å². The van der Waals surface area contributed by atoms with E-state index >= 15 is 0 Å². The Morgan fingerprint density at radius 2 is 1.91 bits per heavy atom. The fourth-order valence-corrected chi connectivity index (χ4v) is 0.319. The molecule has 0 aromatic carbocycles. The second-order valence-corrected chi connectivity index (χ2v) is 1.93. The van der Waals surface area contributed by atoms with Crippen LogP contribution < -0.4 is 5.73 Å². The maximum atomic E-state index is 11.3. The Balaban J connectivity index is 0.